The molecule has 3 heterocycles. The Morgan fingerprint density at radius 2 is 0.859 bits per heavy atom. The Bertz CT molecular complexity index is 3850. The molecule has 0 N–H and O–H groups in total. The molecule has 64 heavy (non-hydrogen) atoms. The molecule has 2 aromatic heterocycles. The number of fused-ring (bicyclic) bond motifs is 15. The molecular weight excluding hydrogens is 777 g/mol. The standard InChI is InChI=1S/C60H36N4/c1-2-14-39(15-3-1)57-61-58(63-59(62-57)43-31-33-45-42(35-43)30-27-38-13-4-5-16-44(38)45)40-28-25-37(26-29-40)41-32-34-55-53(36-41)60(50-21-9-6-17-46(50)47-18-7-10-22-51(47)60)52-23-12-20-49-48-19-8-11-24-54(48)64(55)56(49)52/h1-36H. The van der Waals surface area contributed by atoms with E-state index in [0.29, 0.717) is 17.5 Å². The van der Waals surface area contributed by atoms with Crippen LogP contribution in [0.4, 0.5) is 0 Å². The zero-order chi connectivity index (χ0) is 41.9. The molecule has 1 spiro atoms. The number of rotatable bonds is 4. The second-order valence-electron chi connectivity index (χ2n) is 17.1. The summed E-state index contributed by atoms with van der Waals surface area (Å²) in [6.07, 6.45) is 0. The molecule has 1 aliphatic carbocycles. The molecule has 14 rings (SSSR count). The Balaban J connectivity index is 0.933. The van der Waals surface area contributed by atoms with Crippen molar-refractivity contribution in [1.29, 1.82) is 0 Å². The van der Waals surface area contributed by atoms with Crippen molar-refractivity contribution >= 4 is 43.4 Å². The van der Waals surface area contributed by atoms with Gasteiger partial charge in [-0.15, -0.1) is 0 Å². The van der Waals surface area contributed by atoms with Crippen molar-refractivity contribution in [2.24, 2.45) is 0 Å². The van der Waals surface area contributed by atoms with Gasteiger partial charge in [0.2, 0.25) is 0 Å². The molecule has 296 valence electrons. The molecule has 0 bridgehead atoms. The van der Waals surface area contributed by atoms with Gasteiger partial charge in [-0.1, -0.05) is 194 Å². The first-order valence-electron chi connectivity index (χ1n) is 21.9. The van der Waals surface area contributed by atoms with Crippen LogP contribution in [0.3, 0.4) is 0 Å². The maximum Gasteiger partial charge on any atom is 0.164 e. The molecule has 0 saturated heterocycles. The lowest BCUT2D eigenvalue weighted by Crippen LogP contribution is -2.33. The minimum atomic E-state index is -0.507. The van der Waals surface area contributed by atoms with E-state index >= 15 is 0 Å². The van der Waals surface area contributed by atoms with Crippen molar-refractivity contribution in [1.82, 2.24) is 19.5 Å². The molecule has 12 aromatic rings. The van der Waals surface area contributed by atoms with Crippen molar-refractivity contribution in [2.75, 3.05) is 0 Å². The van der Waals surface area contributed by atoms with E-state index in [2.05, 4.69) is 205 Å². The highest BCUT2D eigenvalue weighted by Gasteiger charge is 2.50. The maximum absolute atomic E-state index is 5.15. The summed E-state index contributed by atoms with van der Waals surface area (Å²) in [7, 11) is 0. The summed E-state index contributed by atoms with van der Waals surface area (Å²) >= 11 is 0. The summed E-state index contributed by atoms with van der Waals surface area (Å²) < 4.78 is 2.51. The zero-order valence-corrected chi connectivity index (χ0v) is 34.6. The molecule has 4 nitrogen and oxygen atoms in total. The minimum Gasteiger partial charge on any atom is -0.309 e. The van der Waals surface area contributed by atoms with Gasteiger partial charge in [-0.3, -0.25) is 0 Å². The average Bonchev–Trinajstić information content (AvgIpc) is 3.87. The summed E-state index contributed by atoms with van der Waals surface area (Å²) in [6, 6.07) is 79.3. The SMILES string of the molecule is c1ccc(-c2nc(-c3ccc(-c4ccc5c(c4)C4(c6ccccc6-c6ccccc64)c4cccc6c7ccccc7n-5c46)cc3)nc(-c3ccc4c(ccc5ccccc54)c3)n2)cc1. The van der Waals surface area contributed by atoms with Crippen LogP contribution in [0.2, 0.25) is 0 Å². The van der Waals surface area contributed by atoms with Gasteiger partial charge in [0.05, 0.1) is 22.1 Å². The third kappa shape index (κ3) is 4.85. The number of hydrogen-bond acceptors (Lipinski definition) is 3. The maximum atomic E-state index is 5.15. The predicted molar refractivity (Wildman–Crippen MR) is 262 cm³/mol. The molecule has 0 radical (unpaired) electrons. The van der Waals surface area contributed by atoms with E-state index < -0.39 is 5.41 Å². The van der Waals surface area contributed by atoms with E-state index in [9.17, 15) is 0 Å². The minimum absolute atomic E-state index is 0.507. The van der Waals surface area contributed by atoms with E-state index in [1.165, 1.54) is 77.0 Å². The average molecular weight is 813 g/mol. The first-order valence-corrected chi connectivity index (χ1v) is 21.9. The molecule has 0 fully saturated rings. The van der Waals surface area contributed by atoms with Crippen LogP contribution in [-0.2, 0) is 5.41 Å². The summed E-state index contributed by atoms with van der Waals surface area (Å²) in [5.74, 6) is 1.93. The van der Waals surface area contributed by atoms with Crippen LogP contribution >= 0.6 is 0 Å². The normalized spacial score (nSPS) is 13.1. The van der Waals surface area contributed by atoms with Crippen molar-refractivity contribution in [3.63, 3.8) is 0 Å². The summed E-state index contributed by atoms with van der Waals surface area (Å²) in [6.45, 7) is 0. The second-order valence-corrected chi connectivity index (χ2v) is 17.1. The lowest BCUT2D eigenvalue weighted by Gasteiger charge is -2.40. The van der Waals surface area contributed by atoms with Crippen molar-refractivity contribution in [3.8, 4) is 62.1 Å². The molecule has 0 unspecified atom stereocenters. The Hall–Kier alpha value is -8.47. The number of nitrogens with zero attached hydrogens (tertiary/aromatic N) is 4. The summed E-state index contributed by atoms with van der Waals surface area (Å²) in [5, 5.41) is 7.38. The van der Waals surface area contributed by atoms with Gasteiger partial charge in [0.15, 0.2) is 17.5 Å². The Morgan fingerprint density at radius 1 is 0.312 bits per heavy atom. The number of para-hydroxylation sites is 2. The molecular formula is C60H36N4. The van der Waals surface area contributed by atoms with Gasteiger partial charge in [0.25, 0.3) is 0 Å². The van der Waals surface area contributed by atoms with E-state index in [1.54, 1.807) is 0 Å². The quantitative estimate of drug-likeness (QED) is 0.166. The number of benzene rings is 10. The Morgan fingerprint density at radius 3 is 1.64 bits per heavy atom. The van der Waals surface area contributed by atoms with Crippen LogP contribution in [-0.4, -0.2) is 19.5 Å². The second kappa shape index (κ2) is 13.3. The molecule has 4 heteroatoms. The molecule has 0 saturated carbocycles. The summed E-state index contributed by atoms with van der Waals surface area (Å²) in [5.41, 5.74) is 16.2. The first kappa shape index (κ1) is 35.2. The fourth-order valence-corrected chi connectivity index (χ4v) is 11.1. The molecule has 1 aliphatic heterocycles. The number of aromatic nitrogens is 4. The Labute approximate surface area is 369 Å². The van der Waals surface area contributed by atoms with Crippen LogP contribution < -0.4 is 0 Å². The third-order valence-corrected chi connectivity index (χ3v) is 13.8. The van der Waals surface area contributed by atoms with E-state index in [1.807, 2.05) is 18.2 Å². The molecule has 2 aliphatic rings. The van der Waals surface area contributed by atoms with Gasteiger partial charge in [-0.2, -0.15) is 0 Å². The molecule has 10 aromatic carbocycles. The van der Waals surface area contributed by atoms with Crippen molar-refractivity contribution in [3.05, 3.63) is 241 Å². The highest BCUT2D eigenvalue weighted by molar-refractivity contribution is 6.13. The van der Waals surface area contributed by atoms with Crippen molar-refractivity contribution in [2.45, 2.75) is 5.41 Å². The van der Waals surface area contributed by atoms with Gasteiger partial charge < -0.3 is 4.57 Å². The van der Waals surface area contributed by atoms with Crippen molar-refractivity contribution < 1.29 is 0 Å². The smallest absolute Gasteiger partial charge is 0.164 e. The van der Waals surface area contributed by atoms with E-state index in [4.69, 9.17) is 15.0 Å². The zero-order valence-electron chi connectivity index (χ0n) is 34.6. The molecule has 0 atom stereocenters. The van der Waals surface area contributed by atoms with Crippen LogP contribution in [0.15, 0.2) is 218 Å². The van der Waals surface area contributed by atoms with E-state index in [-0.39, 0.29) is 0 Å². The first-order chi connectivity index (χ1) is 31.7. The highest BCUT2D eigenvalue weighted by Crippen LogP contribution is 2.61. The lowest BCUT2D eigenvalue weighted by molar-refractivity contribution is 0.749. The van der Waals surface area contributed by atoms with Gasteiger partial charge in [0.1, 0.15) is 0 Å². The molecule has 0 amide bonds. The largest absolute Gasteiger partial charge is 0.309 e. The summed E-state index contributed by atoms with van der Waals surface area (Å²) in [4.78, 5) is 15.3. The highest BCUT2D eigenvalue weighted by atomic mass is 15.0. The van der Waals surface area contributed by atoms with E-state index in [0.717, 1.165) is 33.2 Å². The van der Waals surface area contributed by atoms with Gasteiger partial charge in [0, 0.05) is 27.5 Å². The van der Waals surface area contributed by atoms with Gasteiger partial charge in [-0.05, 0) is 90.3 Å². The fourth-order valence-electron chi connectivity index (χ4n) is 11.1. The Kier molecular flexibility index (Phi) is 7.29. The predicted octanol–water partition coefficient (Wildman–Crippen LogP) is 14.6. The third-order valence-electron chi connectivity index (χ3n) is 13.8. The number of hydrogen-bond donors (Lipinski definition) is 0. The van der Waals surface area contributed by atoms with Crippen LogP contribution in [0.25, 0.3) is 105 Å². The van der Waals surface area contributed by atoms with Crippen LogP contribution in [0.1, 0.15) is 22.3 Å². The van der Waals surface area contributed by atoms with Gasteiger partial charge >= 0.3 is 0 Å². The fraction of sp³-hybridized carbons (Fsp3) is 0.0167. The van der Waals surface area contributed by atoms with Crippen LogP contribution in [0, 0.1) is 0 Å². The van der Waals surface area contributed by atoms with Crippen LogP contribution in [0.5, 0.6) is 0 Å². The van der Waals surface area contributed by atoms with Gasteiger partial charge in [-0.25, -0.2) is 15.0 Å². The topological polar surface area (TPSA) is 43.6 Å². The monoisotopic (exact) mass is 812 g/mol. The lowest BCUT2D eigenvalue weighted by atomic mass is 9.65.